The van der Waals surface area contributed by atoms with E-state index in [1.54, 1.807) is 0 Å². The second kappa shape index (κ2) is 8.60. The van der Waals surface area contributed by atoms with Crippen LogP contribution in [0.3, 0.4) is 0 Å². The van der Waals surface area contributed by atoms with E-state index in [1.165, 1.54) is 18.6 Å². The molecular weight excluding hydrogens is 190 g/mol. The predicted molar refractivity (Wildman–Crippen MR) is 69.1 cm³/mol. The molecule has 0 heterocycles. The Morgan fingerprint density at radius 1 is 1.14 bits per heavy atom. The Morgan fingerprint density at radius 2 is 1.79 bits per heavy atom. The lowest BCUT2D eigenvalue weighted by molar-refractivity contribution is 0.447. The highest BCUT2D eigenvalue weighted by atomic mass is 32.2. The van der Waals surface area contributed by atoms with Gasteiger partial charge in [0.15, 0.2) is 0 Å². The van der Waals surface area contributed by atoms with Crippen molar-refractivity contribution in [1.82, 2.24) is 5.32 Å². The first-order valence-electron chi connectivity index (χ1n) is 5.91. The summed E-state index contributed by atoms with van der Waals surface area (Å²) in [5.41, 5.74) is 0. The summed E-state index contributed by atoms with van der Waals surface area (Å²) in [7, 11) is 0. The molecule has 0 bridgehead atoms. The van der Waals surface area contributed by atoms with Gasteiger partial charge in [0.1, 0.15) is 0 Å². The minimum Gasteiger partial charge on any atom is -0.313 e. The van der Waals surface area contributed by atoms with Gasteiger partial charge in [0.2, 0.25) is 0 Å². The van der Waals surface area contributed by atoms with Crippen LogP contribution in [0.5, 0.6) is 0 Å². The Labute approximate surface area is 94.4 Å². The van der Waals surface area contributed by atoms with Gasteiger partial charge in [0.05, 0.1) is 0 Å². The lowest BCUT2D eigenvalue weighted by Gasteiger charge is -2.21. The smallest absolute Gasteiger partial charge is 0.0160 e. The molecule has 0 aliphatic rings. The first-order valence-corrected chi connectivity index (χ1v) is 6.96. The molecule has 86 valence electrons. The zero-order valence-electron chi connectivity index (χ0n) is 10.5. The Hall–Kier alpha value is 0.310. The van der Waals surface area contributed by atoms with Crippen molar-refractivity contribution in [2.24, 2.45) is 5.92 Å². The fraction of sp³-hybridized carbons (Fsp3) is 1.00. The van der Waals surface area contributed by atoms with Gasteiger partial charge in [-0.15, -0.1) is 0 Å². The molecule has 1 atom stereocenters. The van der Waals surface area contributed by atoms with E-state index in [-0.39, 0.29) is 0 Å². The van der Waals surface area contributed by atoms with Gasteiger partial charge in [-0.1, -0.05) is 34.6 Å². The van der Waals surface area contributed by atoms with Gasteiger partial charge < -0.3 is 5.32 Å². The molecule has 0 amide bonds. The van der Waals surface area contributed by atoms with Crippen LogP contribution in [-0.2, 0) is 0 Å². The molecule has 0 aliphatic heterocycles. The fourth-order valence-electron chi connectivity index (χ4n) is 1.44. The SMILES string of the molecule is CCCNC(CSC(C)C)CC(C)C. The van der Waals surface area contributed by atoms with Gasteiger partial charge in [-0.2, -0.15) is 11.8 Å². The lowest BCUT2D eigenvalue weighted by Crippen LogP contribution is -2.33. The van der Waals surface area contributed by atoms with Crippen LogP contribution in [0, 0.1) is 5.92 Å². The van der Waals surface area contributed by atoms with Crippen molar-refractivity contribution in [3.8, 4) is 0 Å². The summed E-state index contributed by atoms with van der Waals surface area (Å²) in [5.74, 6) is 2.06. The Morgan fingerprint density at radius 3 is 2.21 bits per heavy atom. The summed E-state index contributed by atoms with van der Waals surface area (Å²) in [4.78, 5) is 0. The van der Waals surface area contributed by atoms with Crippen molar-refractivity contribution in [2.75, 3.05) is 12.3 Å². The average Bonchev–Trinajstić information content (AvgIpc) is 2.09. The van der Waals surface area contributed by atoms with Crippen LogP contribution in [-0.4, -0.2) is 23.6 Å². The molecule has 1 nitrogen and oxygen atoms in total. The molecule has 0 saturated heterocycles. The monoisotopic (exact) mass is 217 g/mol. The highest BCUT2D eigenvalue weighted by Gasteiger charge is 2.10. The van der Waals surface area contributed by atoms with Gasteiger partial charge in [0.25, 0.3) is 0 Å². The summed E-state index contributed by atoms with van der Waals surface area (Å²) in [6.45, 7) is 12.6. The number of hydrogen-bond donors (Lipinski definition) is 1. The Balaban J connectivity index is 3.72. The quantitative estimate of drug-likeness (QED) is 0.667. The minimum absolute atomic E-state index is 0.711. The molecule has 0 aromatic heterocycles. The molecule has 1 unspecified atom stereocenters. The van der Waals surface area contributed by atoms with Crippen LogP contribution in [0.1, 0.15) is 47.5 Å². The molecular formula is C12H27NS. The molecule has 0 aliphatic carbocycles. The maximum absolute atomic E-state index is 3.64. The second-order valence-electron chi connectivity index (χ2n) is 4.66. The summed E-state index contributed by atoms with van der Waals surface area (Å²) in [6.07, 6.45) is 2.54. The van der Waals surface area contributed by atoms with Gasteiger partial charge >= 0.3 is 0 Å². The third-order valence-electron chi connectivity index (χ3n) is 2.07. The maximum atomic E-state index is 3.64. The van der Waals surface area contributed by atoms with E-state index in [1.807, 2.05) is 0 Å². The van der Waals surface area contributed by atoms with Gasteiger partial charge in [-0.25, -0.2) is 0 Å². The fourth-order valence-corrected chi connectivity index (χ4v) is 2.31. The zero-order valence-corrected chi connectivity index (χ0v) is 11.3. The molecule has 0 saturated carbocycles. The van der Waals surface area contributed by atoms with E-state index in [9.17, 15) is 0 Å². The third-order valence-corrected chi connectivity index (χ3v) is 3.33. The van der Waals surface area contributed by atoms with E-state index in [2.05, 4.69) is 51.7 Å². The van der Waals surface area contributed by atoms with E-state index in [0.717, 1.165) is 17.7 Å². The molecule has 0 radical (unpaired) electrons. The summed E-state index contributed by atoms with van der Waals surface area (Å²) >= 11 is 2.07. The van der Waals surface area contributed by atoms with E-state index >= 15 is 0 Å². The van der Waals surface area contributed by atoms with Gasteiger partial charge in [0, 0.05) is 11.8 Å². The molecule has 0 spiro atoms. The van der Waals surface area contributed by atoms with Crippen molar-refractivity contribution in [2.45, 2.75) is 58.8 Å². The third kappa shape index (κ3) is 8.89. The molecule has 14 heavy (non-hydrogen) atoms. The highest BCUT2D eigenvalue weighted by molar-refractivity contribution is 7.99. The summed E-state index contributed by atoms with van der Waals surface area (Å²) in [5, 5.41) is 4.39. The highest BCUT2D eigenvalue weighted by Crippen LogP contribution is 2.15. The molecule has 0 rings (SSSR count). The molecule has 2 heteroatoms. The number of hydrogen-bond acceptors (Lipinski definition) is 2. The minimum atomic E-state index is 0.711. The van der Waals surface area contributed by atoms with Crippen LogP contribution in [0.4, 0.5) is 0 Å². The van der Waals surface area contributed by atoms with Crippen molar-refractivity contribution in [3.05, 3.63) is 0 Å². The normalized spacial score (nSPS) is 13.9. The summed E-state index contributed by atoms with van der Waals surface area (Å²) in [6, 6.07) is 0.711. The molecule has 0 fully saturated rings. The van der Waals surface area contributed by atoms with E-state index < -0.39 is 0 Å². The van der Waals surface area contributed by atoms with Crippen LogP contribution in [0.2, 0.25) is 0 Å². The maximum Gasteiger partial charge on any atom is 0.0160 e. The van der Waals surface area contributed by atoms with Gasteiger partial charge in [-0.3, -0.25) is 0 Å². The largest absolute Gasteiger partial charge is 0.313 e. The van der Waals surface area contributed by atoms with E-state index in [4.69, 9.17) is 0 Å². The topological polar surface area (TPSA) is 12.0 Å². The van der Waals surface area contributed by atoms with Crippen LogP contribution < -0.4 is 5.32 Å². The molecule has 1 N–H and O–H groups in total. The molecule has 0 aromatic rings. The lowest BCUT2D eigenvalue weighted by atomic mass is 10.1. The van der Waals surface area contributed by atoms with Crippen LogP contribution >= 0.6 is 11.8 Å². The first kappa shape index (κ1) is 14.3. The van der Waals surface area contributed by atoms with E-state index in [0.29, 0.717) is 6.04 Å². The van der Waals surface area contributed by atoms with Crippen molar-refractivity contribution >= 4 is 11.8 Å². The standard InChI is InChI=1S/C12H27NS/c1-6-7-13-12(8-10(2)3)9-14-11(4)5/h10-13H,6-9H2,1-5H3. The van der Waals surface area contributed by atoms with Crippen LogP contribution in [0.15, 0.2) is 0 Å². The van der Waals surface area contributed by atoms with Crippen molar-refractivity contribution in [1.29, 1.82) is 0 Å². The number of rotatable bonds is 8. The number of nitrogens with one attached hydrogen (secondary N) is 1. The van der Waals surface area contributed by atoms with Crippen LogP contribution in [0.25, 0.3) is 0 Å². The zero-order chi connectivity index (χ0) is 11.0. The average molecular weight is 217 g/mol. The van der Waals surface area contributed by atoms with Gasteiger partial charge in [-0.05, 0) is 30.6 Å². The first-order chi connectivity index (χ1) is 6.56. The predicted octanol–water partition coefficient (Wildman–Crippen LogP) is 3.54. The van der Waals surface area contributed by atoms with Crippen molar-refractivity contribution < 1.29 is 0 Å². The Kier molecular flexibility index (Phi) is 8.80. The number of thioether (sulfide) groups is 1. The Bertz CT molecular complexity index is 123. The van der Waals surface area contributed by atoms with Crippen molar-refractivity contribution in [3.63, 3.8) is 0 Å². The molecule has 0 aromatic carbocycles. The second-order valence-corrected chi connectivity index (χ2v) is 6.27. The summed E-state index contributed by atoms with van der Waals surface area (Å²) < 4.78 is 0.